The molecule has 2 aromatic heterocycles. The quantitative estimate of drug-likeness (QED) is 0.754. The van der Waals surface area contributed by atoms with Crippen LogP contribution in [0.3, 0.4) is 0 Å². The first-order chi connectivity index (χ1) is 7.74. The molecule has 0 aliphatic rings. The zero-order chi connectivity index (χ0) is 11.4. The van der Waals surface area contributed by atoms with Crippen LogP contribution in [0.25, 0.3) is 0 Å². The molecule has 6 nitrogen and oxygen atoms in total. The standard InChI is InChI=1S/C9H10N6S/c10-8-13-6(14-9(11)15-8)5-16-7-3-1-2-4-12-7/h1-4H,5H2,(H4,10,11,13,14,15). The van der Waals surface area contributed by atoms with E-state index >= 15 is 0 Å². The van der Waals surface area contributed by atoms with Gasteiger partial charge in [-0.3, -0.25) is 0 Å². The van der Waals surface area contributed by atoms with Crippen LogP contribution < -0.4 is 11.5 Å². The van der Waals surface area contributed by atoms with Crippen molar-refractivity contribution in [1.29, 1.82) is 0 Å². The summed E-state index contributed by atoms with van der Waals surface area (Å²) in [6.45, 7) is 0. The molecule has 0 radical (unpaired) electrons. The van der Waals surface area contributed by atoms with Gasteiger partial charge in [-0.1, -0.05) is 17.8 Å². The molecule has 0 amide bonds. The molecular weight excluding hydrogens is 224 g/mol. The summed E-state index contributed by atoms with van der Waals surface area (Å²) >= 11 is 1.52. The topological polar surface area (TPSA) is 104 Å². The molecule has 0 aliphatic heterocycles. The highest BCUT2D eigenvalue weighted by atomic mass is 32.2. The summed E-state index contributed by atoms with van der Waals surface area (Å²) in [7, 11) is 0. The lowest BCUT2D eigenvalue weighted by Gasteiger charge is -2.01. The number of nitrogens with two attached hydrogens (primary N) is 2. The van der Waals surface area contributed by atoms with Gasteiger partial charge in [-0.2, -0.15) is 15.0 Å². The van der Waals surface area contributed by atoms with E-state index in [1.54, 1.807) is 6.20 Å². The Kier molecular flexibility index (Phi) is 3.16. The van der Waals surface area contributed by atoms with Crippen LogP contribution >= 0.6 is 11.8 Å². The van der Waals surface area contributed by atoms with Gasteiger partial charge < -0.3 is 11.5 Å². The number of thioether (sulfide) groups is 1. The van der Waals surface area contributed by atoms with Crippen molar-refractivity contribution in [3.05, 3.63) is 30.2 Å². The number of nitrogen functional groups attached to an aromatic ring is 2. The molecule has 0 unspecified atom stereocenters. The van der Waals surface area contributed by atoms with Crippen molar-refractivity contribution in [2.24, 2.45) is 0 Å². The van der Waals surface area contributed by atoms with Gasteiger partial charge in [0.2, 0.25) is 11.9 Å². The fraction of sp³-hybridized carbons (Fsp3) is 0.111. The maximum absolute atomic E-state index is 5.46. The number of hydrogen-bond acceptors (Lipinski definition) is 7. The van der Waals surface area contributed by atoms with E-state index in [-0.39, 0.29) is 11.9 Å². The van der Waals surface area contributed by atoms with E-state index in [2.05, 4.69) is 19.9 Å². The van der Waals surface area contributed by atoms with Crippen molar-refractivity contribution in [3.63, 3.8) is 0 Å². The molecule has 0 atom stereocenters. The molecule has 0 saturated carbocycles. The van der Waals surface area contributed by atoms with Crippen LogP contribution in [0.15, 0.2) is 29.4 Å². The first-order valence-corrected chi connectivity index (χ1v) is 5.52. The minimum absolute atomic E-state index is 0.143. The highest BCUT2D eigenvalue weighted by Crippen LogP contribution is 2.18. The van der Waals surface area contributed by atoms with Gasteiger partial charge >= 0.3 is 0 Å². The average molecular weight is 234 g/mol. The number of hydrogen-bond donors (Lipinski definition) is 2. The predicted molar refractivity (Wildman–Crippen MR) is 62.4 cm³/mol. The summed E-state index contributed by atoms with van der Waals surface area (Å²) in [6.07, 6.45) is 1.73. The van der Waals surface area contributed by atoms with Crippen LogP contribution in [0.5, 0.6) is 0 Å². The number of rotatable bonds is 3. The van der Waals surface area contributed by atoms with E-state index in [1.165, 1.54) is 11.8 Å². The lowest BCUT2D eigenvalue weighted by molar-refractivity contribution is 0.985. The third-order valence-corrected chi connectivity index (χ3v) is 2.64. The average Bonchev–Trinajstić information content (AvgIpc) is 2.27. The molecule has 0 spiro atoms. The van der Waals surface area contributed by atoms with Crippen LogP contribution in [0, 0.1) is 0 Å². The van der Waals surface area contributed by atoms with Gasteiger partial charge in [-0.15, -0.1) is 0 Å². The number of aromatic nitrogens is 4. The smallest absolute Gasteiger partial charge is 0.225 e. The first kappa shape index (κ1) is 10.6. The van der Waals surface area contributed by atoms with Gasteiger partial charge in [-0.05, 0) is 12.1 Å². The Morgan fingerprint density at radius 1 is 1.06 bits per heavy atom. The van der Waals surface area contributed by atoms with Crippen LogP contribution in [0.4, 0.5) is 11.9 Å². The zero-order valence-electron chi connectivity index (χ0n) is 8.37. The molecule has 2 rings (SSSR count). The van der Waals surface area contributed by atoms with E-state index in [4.69, 9.17) is 11.5 Å². The molecule has 7 heteroatoms. The predicted octanol–water partition coefficient (Wildman–Crippen LogP) is 0.723. The Morgan fingerprint density at radius 2 is 1.81 bits per heavy atom. The van der Waals surface area contributed by atoms with Gasteiger partial charge in [0.15, 0.2) is 0 Å². The summed E-state index contributed by atoms with van der Waals surface area (Å²) in [5.74, 6) is 1.40. The normalized spacial score (nSPS) is 10.2. The summed E-state index contributed by atoms with van der Waals surface area (Å²) in [5, 5.41) is 0.903. The lowest BCUT2D eigenvalue weighted by atomic mass is 10.5. The molecule has 0 aliphatic carbocycles. The third kappa shape index (κ3) is 2.80. The lowest BCUT2D eigenvalue weighted by Crippen LogP contribution is -2.05. The van der Waals surface area contributed by atoms with Gasteiger partial charge in [-0.25, -0.2) is 4.98 Å². The largest absolute Gasteiger partial charge is 0.368 e. The van der Waals surface area contributed by atoms with Crippen molar-refractivity contribution in [1.82, 2.24) is 19.9 Å². The Hall–Kier alpha value is -1.89. The van der Waals surface area contributed by atoms with Gasteiger partial charge in [0.05, 0.1) is 10.8 Å². The zero-order valence-corrected chi connectivity index (χ0v) is 9.18. The first-order valence-electron chi connectivity index (χ1n) is 4.54. The van der Waals surface area contributed by atoms with Crippen LogP contribution in [0.1, 0.15) is 5.82 Å². The minimum atomic E-state index is 0.143. The Balaban J connectivity index is 2.05. The third-order valence-electron chi connectivity index (χ3n) is 1.70. The van der Waals surface area contributed by atoms with Gasteiger partial charge in [0.1, 0.15) is 5.82 Å². The maximum atomic E-state index is 5.46. The summed E-state index contributed by atoms with van der Waals surface area (Å²) in [4.78, 5) is 15.8. The minimum Gasteiger partial charge on any atom is -0.368 e. The molecule has 0 saturated heterocycles. The second-order valence-corrected chi connectivity index (χ2v) is 3.92. The Morgan fingerprint density at radius 3 is 2.44 bits per heavy atom. The van der Waals surface area contributed by atoms with E-state index in [1.807, 2.05) is 18.2 Å². The number of anilines is 2. The highest BCUT2D eigenvalue weighted by molar-refractivity contribution is 7.98. The second kappa shape index (κ2) is 4.75. The molecule has 0 fully saturated rings. The van der Waals surface area contributed by atoms with Crippen molar-refractivity contribution in [3.8, 4) is 0 Å². The molecule has 82 valence electrons. The Labute approximate surface area is 96.5 Å². The van der Waals surface area contributed by atoms with E-state index < -0.39 is 0 Å². The monoisotopic (exact) mass is 234 g/mol. The molecule has 0 bridgehead atoms. The summed E-state index contributed by atoms with van der Waals surface area (Å²) in [5.41, 5.74) is 10.9. The van der Waals surface area contributed by atoms with Crippen molar-refractivity contribution in [2.45, 2.75) is 10.8 Å². The van der Waals surface area contributed by atoms with Gasteiger partial charge in [0, 0.05) is 6.20 Å². The summed E-state index contributed by atoms with van der Waals surface area (Å²) in [6, 6.07) is 5.70. The van der Waals surface area contributed by atoms with E-state index in [0.29, 0.717) is 11.6 Å². The molecule has 2 heterocycles. The molecule has 0 aromatic carbocycles. The SMILES string of the molecule is Nc1nc(N)nc(CSc2ccccn2)n1. The van der Waals surface area contributed by atoms with Crippen LogP contribution in [0.2, 0.25) is 0 Å². The fourth-order valence-corrected chi connectivity index (χ4v) is 1.81. The van der Waals surface area contributed by atoms with Crippen molar-refractivity contribution in [2.75, 3.05) is 11.5 Å². The highest BCUT2D eigenvalue weighted by Gasteiger charge is 2.03. The van der Waals surface area contributed by atoms with Crippen molar-refractivity contribution < 1.29 is 0 Å². The van der Waals surface area contributed by atoms with Crippen molar-refractivity contribution >= 4 is 23.7 Å². The van der Waals surface area contributed by atoms with Crippen LogP contribution in [-0.4, -0.2) is 19.9 Å². The fourth-order valence-electron chi connectivity index (χ4n) is 1.09. The van der Waals surface area contributed by atoms with E-state index in [0.717, 1.165) is 5.03 Å². The summed E-state index contributed by atoms with van der Waals surface area (Å²) < 4.78 is 0. The number of nitrogens with zero attached hydrogens (tertiary/aromatic N) is 4. The molecular formula is C9H10N6S. The molecule has 2 aromatic rings. The van der Waals surface area contributed by atoms with Crippen LogP contribution in [-0.2, 0) is 5.75 Å². The van der Waals surface area contributed by atoms with E-state index in [9.17, 15) is 0 Å². The number of pyridine rings is 1. The maximum Gasteiger partial charge on any atom is 0.225 e. The molecule has 16 heavy (non-hydrogen) atoms. The Bertz CT molecular complexity index is 454. The molecule has 4 N–H and O–H groups in total. The second-order valence-electron chi connectivity index (χ2n) is 2.92. The van der Waals surface area contributed by atoms with Gasteiger partial charge in [0.25, 0.3) is 0 Å².